The lowest BCUT2D eigenvalue weighted by Gasteiger charge is -2.23. The molecule has 6 heteroatoms. The third kappa shape index (κ3) is 2.78. The Balaban J connectivity index is 0.00000147. The molecule has 20 heavy (non-hydrogen) atoms. The SMILES string of the molecule is Cl.O=C(c1ccc(F)cc1Cl)N1CCC2(CCNC2)C1. The Morgan fingerprint density at radius 2 is 2.20 bits per heavy atom. The fraction of sp³-hybridized carbons (Fsp3) is 0.500. The zero-order chi connectivity index (χ0) is 13.5. The quantitative estimate of drug-likeness (QED) is 0.863. The molecule has 2 saturated heterocycles. The highest BCUT2D eigenvalue weighted by Gasteiger charge is 2.42. The molecule has 2 aliphatic rings. The average Bonchev–Trinajstić information content (AvgIpc) is 3.00. The summed E-state index contributed by atoms with van der Waals surface area (Å²) in [6.45, 7) is 3.54. The highest BCUT2D eigenvalue weighted by Crippen LogP contribution is 2.37. The fourth-order valence-corrected chi connectivity index (χ4v) is 3.33. The molecular weight excluding hydrogens is 302 g/mol. The lowest BCUT2D eigenvalue weighted by atomic mass is 9.86. The summed E-state index contributed by atoms with van der Waals surface area (Å²) in [5.74, 6) is -0.506. The molecule has 2 fully saturated rings. The summed E-state index contributed by atoms with van der Waals surface area (Å²) in [5.41, 5.74) is 0.633. The predicted molar refractivity (Wildman–Crippen MR) is 79.1 cm³/mol. The molecule has 1 spiro atoms. The van der Waals surface area contributed by atoms with Crippen LogP contribution in [0.5, 0.6) is 0 Å². The van der Waals surface area contributed by atoms with E-state index in [2.05, 4.69) is 5.32 Å². The van der Waals surface area contributed by atoms with Gasteiger partial charge in [0.25, 0.3) is 5.91 Å². The fourth-order valence-electron chi connectivity index (χ4n) is 3.09. The van der Waals surface area contributed by atoms with Gasteiger partial charge in [0.1, 0.15) is 5.82 Å². The lowest BCUT2D eigenvalue weighted by molar-refractivity contribution is 0.0776. The smallest absolute Gasteiger partial charge is 0.255 e. The minimum absolute atomic E-state index is 0. The Bertz CT molecular complexity index is 518. The largest absolute Gasteiger partial charge is 0.338 e. The van der Waals surface area contributed by atoms with E-state index in [0.29, 0.717) is 5.56 Å². The summed E-state index contributed by atoms with van der Waals surface area (Å²) in [4.78, 5) is 14.3. The molecule has 2 heterocycles. The number of carbonyl (C=O) groups is 1. The molecule has 0 aromatic heterocycles. The van der Waals surface area contributed by atoms with Gasteiger partial charge in [0.15, 0.2) is 0 Å². The first kappa shape index (κ1) is 15.5. The summed E-state index contributed by atoms with van der Waals surface area (Å²) in [5, 5.41) is 3.55. The zero-order valence-corrected chi connectivity index (χ0v) is 12.6. The van der Waals surface area contributed by atoms with E-state index >= 15 is 0 Å². The number of amides is 1. The van der Waals surface area contributed by atoms with E-state index in [0.717, 1.165) is 39.0 Å². The number of halogens is 3. The van der Waals surface area contributed by atoms with Crippen LogP contribution in [-0.4, -0.2) is 37.0 Å². The summed E-state index contributed by atoms with van der Waals surface area (Å²) in [7, 11) is 0. The standard InChI is InChI=1S/C14H16ClFN2O.ClH/c15-12-7-10(16)1-2-11(12)13(19)18-6-4-14(9-18)3-5-17-8-14;/h1-2,7,17H,3-6,8-9H2;1H. The van der Waals surface area contributed by atoms with Gasteiger partial charge in [0, 0.05) is 25.0 Å². The van der Waals surface area contributed by atoms with Gasteiger partial charge in [-0.05, 0) is 37.6 Å². The average molecular weight is 319 g/mol. The van der Waals surface area contributed by atoms with Crippen LogP contribution in [0.1, 0.15) is 23.2 Å². The number of benzene rings is 1. The van der Waals surface area contributed by atoms with Crippen LogP contribution in [0.4, 0.5) is 4.39 Å². The van der Waals surface area contributed by atoms with Crippen molar-refractivity contribution < 1.29 is 9.18 Å². The molecule has 1 aromatic carbocycles. The first-order chi connectivity index (χ1) is 9.10. The number of rotatable bonds is 1. The molecule has 110 valence electrons. The van der Waals surface area contributed by atoms with E-state index < -0.39 is 5.82 Å². The summed E-state index contributed by atoms with van der Waals surface area (Å²) in [6.07, 6.45) is 2.15. The first-order valence-electron chi connectivity index (χ1n) is 6.55. The maximum atomic E-state index is 13.0. The number of carbonyl (C=O) groups excluding carboxylic acids is 1. The Morgan fingerprint density at radius 1 is 1.40 bits per heavy atom. The van der Waals surface area contributed by atoms with E-state index in [1.807, 2.05) is 4.90 Å². The van der Waals surface area contributed by atoms with Gasteiger partial charge in [-0.1, -0.05) is 11.6 Å². The van der Waals surface area contributed by atoms with Crippen LogP contribution < -0.4 is 5.32 Å². The molecular formula is C14H17Cl2FN2O. The van der Waals surface area contributed by atoms with Crippen LogP contribution >= 0.6 is 24.0 Å². The third-order valence-electron chi connectivity index (χ3n) is 4.22. The highest BCUT2D eigenvalue weighted by molar-refractivity contribution is 6.33. The van der Waals surface area contributed by atoms with Gasteiger partial charge in [-0.25, -0.2) is 4.39 Å². The van der Waals surface area contributed by atoms with Crippen molar-refractivity contribution in [3.8, 4) is 0 Å². The molecule has 2 aliphatic heterocycles. The molecule has 1 aromatic rings. The maximum Gasteiger partial charge on any atom is 0.255 e. The maximum absolute atomic E-state index is 13.0. The van der Waals surface area contributed by atoms with E-state index in [4.69, 9.17) is 11.6 Å². The van der Waals surface area contributed by atoms with Crippen molar-refractivity contribution in [3.63, 3.8) is 0 Å². The number of likely N-dealkylation sites (tertiary alicyclic amines) is 1. The van der Waals surface area contributed by atoms with Crippen molar-refractivity contribution in [2.45, 2.75) is 12.8 Å². The van der Waals surface area contributed by atoms with Crippen molar-refractivity contribution in [1.82, 2.24) is 10.2 Å². The van der Waals surface area contributed by atoms with Gasteiger partial charge in [-0.15, -0.1) is 12.4 Å². The Kier molecular flexibility index (Phi) is 4.57. The minimum atomic E-state index is -0.417. The molecule has 0 radical (unpaired) electrons. The lowest BCUT2D eigenvalue weighted by Crippen LogP contribution is -2.33. The van der Waals surface area contributed by atoms with Gasteiger partial charge in [-0.2, -0.15) is 0 Å². The second kappa shape index (κ2) is 5.88. The van der Waals surface area contributed by atoms with Crippen LogP contribution in [0.3, 0.4) is 0 Å². The van der Waals surface area contributed by atoms with Crippen molar-refractivity contribution >= 4 is 29.9 Å². The highest BCUT2D eigenvalue weighted by atomic mass is 35.5. The molecule has 0 aliphatic carbocycles. The van der Waals surface area contributed by atoms with Crippen LogP contribution in [0, 0.1) is 11.2 Å². The van der Waals surface area contributed by atoms with Crippen LogP contribution in [0.25, 0.3) is 0 Å². The van der Waals surface area contributed by atoms with E-state index in [1.165, 1.54) is 18.2 Å². The molecule has 0 bridgehead atoms. The first-order valence-corrected chi connectivity index (χ1v) is 6.93. The van der Waals surface area contributed by atoms with Crippen molar-refractivity contribution in [2.75, 3.05) is 26.2 Å². The Hall–Kier alpha value is -0.840. The van der Waals surface area contributed by atoms with Crippen LogP contribution in [-0.2, 0) is 0 Å². The minimum Gasteiger partial charge on any atom is -0.338 e. The van der Waals surface area contributed by atoms with Gasteiger partial charge in [0.2, 0.25) is 0 Å². The number of nitrogens with zero attached hydrogens (tertiary/aromatic N) is 1. The Labute approximate surface area is 128 Å². The van der Waals surface area contributed by atoms with Crippen molar-refractivity contribution in [3.05, 3.63) is 34.6 Å². The predicted octanol–water partition coefficient (Wildman–Crippen LogP) is 2.73. The van der Waals surface area contributed by atoms with E-state index in [-0.39, 0.29) is 28.8 Å². The van der Waals surface area contributed by atoms with Gasteiger partial charge >= 0.3 is 0 Å². The topological polar surface area (TPSA) is 32.3 Å². The molecule has 3 nitrogen and oxygen atoms in total. The van der Waals surface area contributed by atoms with E-state index in [9.17, 15) is 9.18 Å². The second-order valence-electron chi connectivity index (χ2n) is 5.53. The molecule has 1 N–H and O–H groups in total. The van der Waals surface area contributed by atoms with Crippen molar-refractivity contribution in [2.24, 2.45) is 5.41 Å². The number of hydrogen-bond donors (Lipinski definition) is 1. The van der Waals surface area contributed by atoms with Crippen LogP contribution in [0.15, 0.2) is 18.2 Å². The van der Waals surface area contributed by atoms with Gasteiger partial charge in [0.05, 0.1) is 10.6 Å². The second-order valence-corrected chi connectivity index (χ2v) is 5.93. The summed E-state index contributed by atoms with van der Waals surface area (Å²) < 4.78 is 13.0. The molecule has 1 atom stereocenters. The monoisotopic (exact) mass is 318 g/mol. The molecule has 3 rings (SSSR count). The molecule has 1 unspecified atom stereocenters. The normalized spacial score (nSPS) is 25.0. The third-order valence-corrected chi connectivity index (χ3v) is 4.53. The number of nitrogens with one attached hydrogen (secondary N) is 1. The van der Waals surface area contributed by atoms with Crippen LogP contribution in [0.2, 0.25) is 5.02 Å². The molecule has 1 amide bonds. The van der Waals surface area contributed by atoms with Gasteiger partial charge < -0.3 is 10.2 Å². The van der Waals surface area contributed by atoms with Gasteiger partial charge in [-0.3, -0.25) is 4.79 Å². The summed E-state index contributed by atoms with van der Waals surface area (Å²) in [6, 6.07) is 3.94. The Morgan fingerprint density at radius 3 is 2.85 bits per heavy atom. The number of hydrogen-bond acceptors (Lipinski definition) is 2. The van der Waals surface area contributed by atoms with Crippen molar-refractivity contribution in [1.29, 1.82) is 0 Å². The summed E-state index contributed by atoms with van der Waals surface area (Å²) >= 11 is 5.95. The molecule has 0 saturated carbocycles. The van der Waals surface area contributed by atoms with E-state index in [1.54, 1.807) is 0 Å². The zero-order valence-electron chi connectivity index (χ0n) is 11.0.